The van der Waals surface area contributed by atoms with E-state index in [2.05, 4.69) is 5.32 Å². The smallest absolute Gasteiger partial charge is 0.354 e. The molecule has 0 atom stereocenters. The molecule has 0 aliphatic rings. The Kier molecular flexibility index (Phi) is 5.33. The van der Waals surface area contributed by atoms with Gasteiger partial charge in [-0.05, 0) is 29.8 Å². The number of nitrogens with one attached hydrogen (secondary N) is 1. The number of ether oxygens (including phenoxy) is 1. The molecule has 0 heterocycles. The summed E-state index contributed by atoms with van der Waals surface area (Å²) in [6.45, 7) is 0. The van der Waals surface area contributed by atoms with Crippen LogP contribution in [0, 0.1) is 0 Å². The largest absolute Gasteiger partial charge is 0.464 e. The van der Waals surface area contributed by atoms with Gasteiger partial charge in [0, 0.05) is 10.6 Å². The van der Waals surface area contributed by atoms with E-state index in [0.29, 0.717) is 16.1 Å². The SMILES string of the molecule is COC(=O)/C(=C\c1ccccc1Cl)NC(=O)c1ccccc1. The Balaban J connectivity index is 2.30. The second kappa shape index (κ2) is 7.43. The van der Waals surface area contributed by atoms with Gasteiger partial charge in [-0.25, -0.2) is 4.79 Å². The van der Waals surface area contributed by atoms with E-state index in [-0.39, 0.29) is 5.70 Å². The first-order valence-corrected chi connectivity index (χ1v) is 6.90. The number of hydrogen-bond donors (Lipinski definition) is 1. The van der Waals surface area contributed by atoms with Crippen molar-refractivity contribution in [2.75, 3.05) is 7.11 Å². The van der Waals surface area contributed by atoms with Gasteiger partial charge in [-0.2, -0.15) is 0 Å². The summed E-state index contributed by atoms with van der Waals surface area (Å²) in [5, 5.41) is 3.02. The van der Waals surface area contributed by atoms with E-state index < -0.39 is 11.9 Å². The zero-order valence-electron chi connectivity index (χ0n) is 11.9. The molecule has 0 aromatic heterocycles. The second-order valence-electron chi connectivity index (χ2n) is 4.39. The molecule has 4 nitrogen and oxygen atoms in total. The summed E-state index contributed by atoms with van der Waals surface area (Å²) in [4.78, 5) is 24.0. The van der Waals surface area contributed by atoms with Gasteiger partial charge >= 0.3 is 5.97 Å². The van der Waals surface area contributed by atoms with Crippen molar-refractivity contribution in [3.05, 3.63) is 76.4 Å². The van der Waals surface area contributed by atoms with Crippen LogP contribution >= 0.6 is 11.6 Å². The van der Waals surface area contributed by atoms with Crippen LogP contribution in [0.15, 0.2) is 60.3 Å². The molecule has 0 saturated heterocycles. The van der Waals surface area contributed by atoms with Gasteiger partial charge in [-0.3, -0.25) is 4.79 Å². The number of rotatable bonds is 4. The Bertz CT molecular complexity index is 711. The van der Waals surface area contributed by atoms with E-state index in [1.165, 1.54) is 13.2 Å². The Hall–Kier alpha value is -2.59. The number of hydrogen-bond acceptors (Lipinski definition) is 3. The molecule has 0 unspecified atom stereocenters. The lowest BCUT2D eigenvalue weighted by molar-refractivity contribution is -0.136. The molecule has 0 bridgehead atoms. The van der Waals surface area contributed by atoms with Crippen LogP contribution in [0.4, 0.5) is 0 Å². The Morgan fingerprint density at radius 3 is 2.32 bits per heavy atom. The van der Waals surface area contributed by atoms with Crippen molar-refractivity contribution in [3.8, 4) is 0 Å². The lowest BCUT2D eigenvalue weighted by atomic mass is 10.1. The molecular weight excluding hydrogens is 302 g/mol. The van der Waals surface area contributed by atoms with Crippen LogP contribution in [0.5, 0.6) is 0 Å². The first-order valence-electron chi connectivity index (χ1n) is 6.52. The van der Waals surface area contributed by atoms with E-state index >= 15 is 0 Å². The molecule has 112 valence electrons. The van der Waals surface area contributed by atoms with Crippen molar-refractivity contribution in [1.29, 1.82) is 0 Å². The van der Waals surface area contributed by atoms with E-state index in [4.69, 9.17) is 16.3 Å². The van der Waals surface area contributed by atoms with Gasteiger partial charge in [-0.15, -0.1) is 0 Å². The number of amides is 1. The lowest BCUT2D eigenvalue weighted by Crippen LogP contribution is -2.28. The highest BCUT2D eigenvalue weighted by atomic mass is 35.5. The third-order valence-electron chi connectivity index (χ3n) is 2.89. The maximum atomic E-state index is 12.2. The van der Waals surface area contributed by atoms with E-state index in [1.807, 2.05) is 0 Å². The minimum absolute atomic E-state index is 0.0180. The molecular formula is C17H14ClNO3. The molecule has 2 aromatic rings. The average molecular weight is 316 g/mol. The standard InChI is InChI=1S/C17H14ClNO3/c1-22-17(21)15(11-13-9-5-6-10-14(13)18)19-16(20)12-7-3-2-4-8-12/h2-11H,1H3,(H,19,20)/b15-11+. The summed E-state index contributed by atoms with van der Waals surface area (Å²) in [7, 11) is 1.25. The summed E-state index contributed by atoms with van der Waals surface area (Å²) >= 11 is 6.06. The maximum Gasteiger partial charge on any atom is 0.354 e. The third kappa shape index (κ3) is 3.96. The molecule has 0 saturated carbocycles. The summed E-state index contributed by atoms with van der Waals surface area (Å²) in [5.74, 6) is -1.05. The van der Waals surface area contributed by atoms with E-state index in [0.717, 1.165) is 0 Å². The fourth-order valence-electron chi connectivity index (χ4n) is 1.79. The maximum absolute atomic E-state index is 12.2. The van der Waals surface area contributed by atoms with E-state index in [1.54, 1.807) is 54.6 Å². The molecule has 0 aliphatic heterocycles. The van der Waals surface area contributed by atoms with Gasteiger partial charge < -0.3 is 10.1 Å². The Morgan fingerprint density at radius 1 is 1.05 bits per heavy atom. The van der Waals surface area contributed by atoms with Crippen molar-refractivity contribution >= 4 is 29.6 Å². The molecule has 0 radical (unpaired) electrons. The molecule has 22 heavy (non-hydrogen) atoms. The van der Waals surface area contributed by atoms with Crippen molar-refractivity contribution in [2.45, 2.75) is 0 Å². The van der Waals surface area contributed by atoms with Crippen LogP contribution in [0.25, 0.3) is 6.08 Å². The molecule has 5 heteroatoms. The first-order chi connectivity index (χ1) is 10.6. The fourth-order valence-corrected chi connectivity index (χ4v) is 1.98. The summed E-state index contributed by atoms with van der Waals surface area (Å²) in [6.07, 6.45) is 1.48. The number of esters is 1. The normalized spacial score (nSPS) is 10.9. The predicted molar refractivity (Wildman–Crippen MR) is 85.4 cm³/mol. The van der Waals surface area contributed by atoms with Crippen molar-refractivity contribution in [2.24, 2.45) is 0 Å². The van der Waals surface area contributed by atoms with Crippen LogP contribution in [0.2, 0.25) is 5.02 Å². The highest BCUT2D eigenvalue weighted by Gasteiger charge is 2.15. The minimum Gasteiger partial charge on any atom is -0.464 e. The van der Waals surface area contributed by atoms with Crippen molar-refractivity contribution in [1.82, 2.24) is 5.32 Å². The zero-order valence-corrected chi connectivity index (χ0v) is 12.6. The average Bonchev–Trinajstić information content (AvgIpc) is 2.56. The predicted octanol–water partition coefficient (Wildman–Crippen LogP) is 3.28. The number of carbonyl (C=O) groups excluding carboxylic acids is 2. The molecule has 1 amide bonds. The second-order valence-corrected chi connectivity index (χ2v) is 4.80. The molecule has 0 aliphatic carbocycles. The van der Waals surface area contributed by atoms with Gasteiger partial charge in [0.15, 0.2) is 0 Å². The quantitative estimate of drug-likeness (QED) is 0.696. The van der Waals surface area contributed by atoms with Crippen LogP contribution < -0.4 is 5.32 Å². The number of benzene rings is 2. The summed E-state index contributed by atoms with van der Waals surface area (Å²) < 4.78 is 4.70. The molecule has 2 rings (SSSR count). The fraction of sp³-hybridized carbons (Fsp3) is 0.0588. The van der Waals surface area contributed by atoms with Crippen LogP contribution in [-0.2, 0) is 9.53 Å². The minimum atomic E-state index is -0.649. The van der Waals surface area contributed by atoms with Gasteiger partial charge in [0.05, 0.1) is 7.11 Å². The number of halogens is 1. The van der Waals surface area contributed by atoms with E-state index in [9.17, 15) is 9.59 Å². The van der Waals surface area contributed by atoms with Crippen molar-refractivity contribution < 1.29 is 14.3 Å². The van der Waals surface area contributed by atoms with Gasteiger partial charge in [-0.1, -0.05) is 48.0 Å². The van der Waals surface area contributed by atoms with Gasteiger partial charge in [0.1, 0.15) is 5.70 Å². The zero-order chi connectivity index (χ0) is 15.9. The highest BCUT2D eigenvalue weighted by molar-refractivity contribution is 6.32. The monoisotopic (exact) mass is 315 g/mol. The summed E-state index contributed by atoms with van der Waals surface area (Å²) in [6, 6.07) is 15.6. The topological polar surface area (TPSA) is 55.4 Å². The number of methoxy groups -OCH3 is 1. The molecule has 0 spiro atoms. The Labute approximate surface area is 133 Å². The third-order valence-corrected chi connectivity index (χ3v) is 3.24. The Morgan fingerprint density at radius 2 is 1.68 bits per heavy atom. The molecule has 1 N–H and O–H groups in total. The first kappa shape index (κ1) is 15.8. The van der Waals surface area contributed by atoms with Crippen LogP contribution in [0.3, 0.4) is 0 Å². The van der Waals surface area contributed by atoms with Gasteiger partial charge in [0.25, 0.3) is 5.91 Å². The van der Waals surface area contributed by atoms with Gasteiger partial charge in [0.2, 0.25) is 0 Å². The highest BCUT2D eigenvalue weighted by Crippen LogP contribution is 2.18. The summed E-state index contributed by atoms with van der Waals surface area (Å²) in [5.41, 5.74) is 1.07. The lowest BCUT2D eigenvalue weighted by Gasteiger charge is -2.09. The molecule has 2 aromatic carbocycles. The van der Waals surface area contributed by atoms with Crippen molar-refractivity contribution in [3.63, 3.8) is 0 Å². The van der Waals surface area contributed by atoms with Crippen LogP contribution in [0.1, 0.15) is 15.9 Å². The molecule has 0 fully saturated rings. The number of carbonyl (C=O) groups is 2. The van der Waals surface area contributed by atoms with Crippen LogP contribution in [-0.4, -0.2) is 19.0 Å².